The number of carboxylic acids is 1. The Hall–Kier alpha value is -1.20. The first-order chi connectivity index (χ1) is 6.91. The van der Waals surface area contributed by atoms with Gasteiger partial charge in [0.15, 0.2) is 0 Å². The predicted octanol–water partition coefficient (Wildman–Crippen LogP) is 1.65. The first-order valence-corrected chi connectivity index (χ1v) is 4.78. The van der Waals surface area contributed by atoms with Crippen molar-refractivity contribution < 1.29 is 23.5 Å². The summed E-state index contributed by atoms with van der Waals surface area (Å²) in [6.45, 7) is -0.00373. The third-order valence-electron chi connectivity index (χ3n) is 2.41. The molecular formula is C10H17F2NO3. The second-order valence-corrected chi connectivity index (χ2v) is 3.73. The maximum Gasteiger partial charge on any atom is 0.305 e. The van der Waals surface area contributed by atoms with Gasteiger partial charge in [0.1, 0.15) is 0 Å². The molecule has 0 radical (unpaired) electrons. The number of carbonyl (C=O) groups excluding carboxylic acids is 1. The van der Waals surface area contributed by atoms with Crippen molar-refractivity contribution in [2.75, 3.05) is 6.54 Å². The average molecular weight is 237 g/mol. The molecule has 4 nitrogen and oxygen atoms in total. The van der Waals surface area contributed by atoms with Crippen LogP contribution in [0.1, 0.15) is 33.1 Å². The summed E-state index contributed by atoms with van der Waals surface area (Å²) in [4.78, 5) is 21.4. The van der Waals surface area contributed by atoms with Crippen LogP contribution < -0.4 is 5.32 Å². The van der Waals surface area contributed by atoms with Gasteiger partial charge in [0, 0.05) is 25.3 Å². The van der Waals surface area contributed by atoms with Crippen molar-refractivity contribution in [2.45, 2.75) is 39.0 Å². The molecule has 1 saturated carbocycles. The summed E-state index contributed by atoms with van der Waals surface area (Å²) in [5.74, 6) is -4.90. The monoisotopic (exact) mass is 237 g/mol. The van der Waals surface area contributed by atoms with Crippen LogP contribution in [0.15, 0.2) is 0 Å². The number of hydrogen-bond donors (Lipinski definition) is 2. The molecule has 16 heavy (non-hydrogen) atoms. The van der Waals surface area contributed by atoms with Crippen molar-refractivity contribution in [3.8, 4) is 0 Å². The molecule has 0 spiro atoms. The molecular weight excluding hydrogens is 220 g/mol. The van der Waals surface area contributed by atoms with Gasteiger partial charge < -0.3 is 10.4 Å². The van der Waals surface area contributed by atoms with Gasteiger partial charge in [0.25, 0.3) is 0 Å². The van der Waals surface area contributed by atoms with Crippen molar-refractivity contribution in [1.29, 1.82) is 0 Å². The molecule has 1 aliphatic rings. The van der Waals surface area contributed by atoms with Crippen LogP contribution in [-0.4, -0.2) is 29.5 Å². The molecule has 0 aromatic heterocycles. The van der Waals surface area contributed by atoms with Crippen molar-refractivity contribution in [3.63, 3.8) is 0 Å². The van der Waals surface area contributed by atoms with Gasteiger partial charge in [-0.25, -0.2) is 8.78 Å². The van der Waals surface area contributed by atoms with Gasteiger partial charge in [-0.3, -0.25) is 9.59 Å². The lowest BCUT2D eigenvalue weighted by molar-refractivity contribution is -0.137. The van der Waals surface area contributed by atoms with Crippen molar-refractivity contribution in [1.82, 2.24) is 5.32 Å². The molecule has 1 aliphatic carbocycles. The lowest BCUT2D eigenvalue weighted by atomic mass is 10.1. The fourth-order valence-electron chi connectivity index (χ4n) is 1.61. The Labute approximate surface area is 93.0 Å². The maximum atomic E-state index is 12.7. The quantitative estimate of drug-likeness (QED) is 0.781. The number of hydrogen-bond acceptors (Lipinski definition) is 2. The Morgan fingerprint density at radius 1 is 1.44 bits per heavy atom. The van der Waals surface area contributed by atoms with Crippen LogP contribution in [0.2, 0.25) is 0 Å². The van der Waals surface area contributed by atoms with E-state index in [1.54, 1.807) is 0 Å². The van der Waals surface area contributed by atoms with Crippen LogP contribution in [0.5, 0.6) is 0 Å². The van der Waals surface area contributed by atoms with Crippen LogP contribution in [0, 0.1) is 5.92 Å². The third-order valence-corrected chi connectivity index (χ3v) is 2.41. The highest BCUT2D eigenvalue weighted by Crippen LogP contribution is 2.38. The van der Waals surface area contributed by atoms with E-state index in [9.17, 15) is 18.4 Å². The zero-order valence-electron chi connectivity index (χ0n) is 8.13. The summed E-state index contributed by atoms with van der Waals surface area (Å²) < 4.78 is 25.5. The highest BCUT2D eigenvalue weighted by Gasteiger charge is 2.42. The first-order valence-electron chi connectivity index (χ1n) is 4.78. The van der Waals surface area contributed by atoms with Gasteiger partial charge in [-0.05, 0) is 6.42 Å². The van der Waals surface area contributed by atoms with E-state index in [1.807, 2.05) is 0 Å². The van der Waals surface area contributed by atoms with Crippen molar-refractivity contribution in [3.05, 3.63) is 0 Å². The summed E-state index contributed by atoms with van der Waals surface area (Å²) >= 11 is 0. The average Bonchev–Trinajstić information content (AvgIpc) is 2.45. The molecule has 0 aromatic carbocycles. The Morgan fingerprint density at radius 2 is 2.06 bits per heavy atom. The summed E-state index contributed by atoms with van der Waals surface area (Å²) in [5.41, 5.74) is 0. The first kappa shape index (κ1) is 14.8. The highest BCUT2D eigenvalue weighted by atomic mass is 19.3. The molecule has 0 bridgehead atoms. The van der Waals surface area contributed by atoms with Crippen LogP contribution >= 0.6 is 0 Å². The number of aliphatic carboxylic acids is 1. The number of halogens is 2. The molecule has 0 aliphatic heterocycles. The van der Waals surface area contributed by atoms with Crippen LogP contribution in [0.25, 0.3) is 0 Å². The summed E-state index contributed by atoms with van der Waals surface area (Å²) in [5, 5.41) is 10.6. The summed E-state index contributed by atoms with van der Waals surface area (Å²) in [7, 11) is 0. The standard InChI is InChI=1S/C9H13F2NO3.CH4/c10-9(11)3-1-6(5-9)8(15)12-4-2-7(13)14;/h6H,1-5H2,(H,12,15)(H,13,14);1H4. The Morgan fingerprint density at radius 3 is 2.50 bits per heavy atom. The normalized spacial score (nSPS) is 22.2. The van der Waals surface area contributed by atoms with Crippen molar-refractivity contribution in [2.24, 2.45) is 5.92 Å². The van der Waals surface area contributed by atoms with Gasteiger partial charge in [-0.15, -0.1) is 0 Å². The van der Waals surface area contributed by atoms with E-state index in [0.29, 0.717) is 0 Å². The van der Waals surface area contributed by atoms with E-state index in [-0.39, 0.29) is 33.2 Å². The lowest BCUT2D eigenvalue weighted by Crippen LogP contribution is -2.31. The molecule has 1 unspecified atom stereocenters. The van der Waals surface area contributed by atoms with E-state index < -0.39 is 30.1 Å². The molecule has 6 heteroatoms. The Bertz CT molecular complexity index is 269. The molecule has 1 rings (SSSR count). The molecule has 0 heterocycles. The minimum absolute atomic E-state index is 0. The molecule has 1 amide bonds. The number of rotatable bonds is 4. The number of carboxylic acid groups (broad SMARTS) is 1. The molecule has 94 valence electrons. The second kappa shape index (κ2) is 5.77. The van der Waals surface area contributed by atoms with Gasteiger partial charge in [-0.2, -0.15) is 0 Å². The van der Waals surface area contributed by atoms with Gasteiger partial charge in [-0.1, -0.05) is 7.43 Å². The largest absolute Gasteiger partial charge is 0.481 e. The Kier molecular flexibility index (Phi) is 5.33. The van der Waals surface area contributed by atoms with Crippen LogP contribution in [-0.2, 0) is 9.59 Å². The van der Waals surface area contributed by atoms with Crippen molar-refractivity contribution >= 4 is 11.9 Å². The molecule has 0 saturated heterocycles. The lowest BCUT2D eigenvalue weighted by Gasteiger charge is -2.10. The molecule has 2 N–H and O–H groups in total. The highest BCUT2D eigenvalue weighted by molar-refractivity contribution is 5.79. The minimum Gasteiger partial charge on any atom is -0.481 e. The van der Waals surface area contributed by atoms with E-state index in [2.05, 4.69) is 5.32 Å². The van der Waals surface area contributed by atoms with E-state index in [0.717, 1.165) is 0 Å². The fourth-order valence-corrected chi connectivity index (χ4v) is 1.61. The smallest absolute Gasteiger partial charge is 0.305 e. The summed E-state index contributed by atoms with van der Waals surface area (Å²) in [6, 6.07) is 0. The second-order valence-electron chi connectivity index (χ2n) is 3.73. The topological polar surface area (TPSA) is 66.4 Å². The van der Waals surface area contributed by atoms with Gasteiger partial charge in [0.05, 0.1) is 6.42 Å². The molecule has 1 fully saturated rings. The number of nitrogens with one attached hydrogen (secondary N) is 1. The number of alkyl halides is 2. The molecule has 0 aromatic rings. The zero-order chi connectivity index (χ0) is 11.5. The zero-order valence-corrected chi connectivity index (χ0v) is 8.13. The van der Waals surface area contributed by atoms with E-state index in [4.69, 9.17) is 5.11 Å². The minimum atomic E-state index is -2.74. The predicted molar refractivity (Wildman–Crippen MR) is 54.3 cm³/mol. The fraction of sp³-hybridized carbons (Fsp3) is 0.800. The van der Waals surface area contributed by atoms with Crippen LogP contribution in [0.4, 0.5) is 8.78 Å². The van der Waals surface area contributed by atoms with Gasteiger partial charge in [0.2, 0.25) is 11.8 Å². The number of carbonyl (C=O) groups is 2. The van der Waals surface area contributed by atoms with E-state index in [1.165, 1.54) is 0 Å². The maximum absolute atomic E-state index is 12.7. The van der Waals surface area contributed by atoms with Gasteiger partial charge >= 0.3 is 5.97 Å². The van der Waals surface area contributed by atoms with E-state index >= 15 is 0 Å². The summed E-state index contributed by atoms with van der Waals surface area (Å²) in [6.07, 6.45) is -0.698. The molecule has 1 atom stereocenters. The Balaban J connectivity index is 0.00000225. The van der Waals surface area contributed by atoms with Crippen LogP contribution in [0.3, 0.4) is 0 Å². The third kappa shape index (κ3) is 4.55. The number of amides is 1. The SMILES string of the molecule is C.O=C(O)CCNC(=O)C1CCC(F)(F)C1.